The SMILES string of the molecule is C=CC(=O)Cc1c(C)nn(C)c1C. The molecule has 0 fully saturated rings. The minimum absolute atomic E-state index is 0.0409. The van der Waals surface area contributed by atoms with Gasteiger partial charge in [-0.15, -0.1) is 0 Å². The molecule has 1 aromatic rings. The maximum Gasteiger partial charge on any atom is 0.159 e. The van der Waals surface area contributed by atoms with Gasteiger partial charge in [0.25, 0.3) is 0 Å². The Hall–Kier alpha value is -1.38. The van der Waals surface area contributed by atoms with E-state index in [1.807, 2.05) is 20.9 Å². The van der Waals surface area contributed by atoms with Crippen LogP contribution < -0.4 is 0 Å². The average Bonchev–Trinajstić information content (AvgIpc) is 2.32. The highest BCUT2D eigenvalue weighted by Gasteiger charge is 2.11. The molecule has 0 aliphatic heterocycles. The van der Waals surface area contributed by atoms with Crippen molar-refractivity contribution in [2.75, 3.05) is 0 Å². The van der Waals surface area contributed by atoms with Crippen LogP contribution in [0, 0.1) is 13.8 Å². The Balaban J connectivity index is 3.00. The highest BCUT2D eigenvalue weighted by atomic mass is 16.1. The van der Waals surface area contributed by atoms with E-state index in [-0.39, 0.29) is 5.78 Å². The molecule has 0 saturated heterocycles. The molecule has 0 radical (unpaired) electrons. The van der Waals surface area contributed by atoms with Crippen LogP contribution in [0.1, 0.15) is 17.0 Å². The maximum atomic E-state index is 11.1. The first kappa shape index (κ1) is 9.71. The lowest BCUT2D eigenvalue weighted by Gasteiger charge is -1.97. The fourth-order valence-corrected chi connectivity index (χ4v) is 1.32. The Morgan fingerprint density at radius 1 is 1.62 bits per heavy atom. The number of aromatic nitrogens is 2. The molecular formula is C10H14N2O. The molecule has 0 aliphatic carbocycles. The summed E-state index contributed by atoms with van der Waals surface area (Å²) in [4.78, 5) is 11.1. The van der Waals surface area contributed by atoms with Gasteiger partial charge in [-0.3, -0.25) is 9.48 Å². The van der Waals surface area contributed by atoms with Gasteiger partial charge in [0, 0.05) is 24.7 Å². The van der Waals surface area contributed by atoms with Gasteiger partial charge in [0.15, 0.2) is 5.78 Å². The predicted octanol–water partition coefficient (Wildman–Crippen LogP) is 1.33. The molecule has 0 unspecified atom stereocenters. The summed E-state index contributed by atoms with van der Waals surface area (Å²) in [5.41, 5.74) is 3.00. The predicted molar refractivity (Wildman–Crippen MR) is 51.6 cm³/mol. The molecule has 13 heavy (non-hydrogen) atoms. The van der Waals surface area contributed by atoms with Crippen molar-refractivity contribution >= 4 is 5.78 Å². The van der Waals surface area contributed by atoms with Crippen LogP contribution in [0.4, 0.5) is 0 Å². The standard InChI is InChI=1S/C10H14N2O/c1-5-9(13)6-10-7(2)11-12(4)8(10)3/h5H,1,6H2,2-4H3. The van der Waals surface area contributed by atoms with E-state index in [9.17, 15) is 4.79 Å². The summed E-state index contributed by atoms with van der Waals surface area (Å²) >= 11 is 0. The molecule has 70 valence electrons. The number of rotatable bonds is 3. The molecule has 1 rings (SSSR count). The third-order valence-corrected chi connectivity index (χ3v) is 2.24. The molecule has 3 heteroatoms. The van der Waals surface area contributed by atoms with Crippen molar-refractivity contribution in [2.24, 2.45) is 7.05 Å². The topological polar surface area (TPSA) is 34.9 Å². The maximum absolute atomic E-state index is 11.1. The van der Waals surface area contributed by atoms with Crippen LogP contribution >= 0.6 is 0 Å². The van der Waals surface area contributed by atoms with Crippen LogP contribution in [0.25, 0.3) is 0 Å². The molecule has 0 atom stereocenters. The molecule has 0 amide bonds. The Morgan fingerprint density at radius 3 is 2.62 bits per heavy atom. The zero-order chi connectivity index (χ0) is 10.0. The zero-order valence-corrected chi connectivity index (χ0v) is 8.29. The van der Waals surface area contributed by atoms with Crippen molar-refractivity contribution < 1.29 is 4.79 Å². The number of hydrogen-bond donors (Lipinski definition) is 0. The molecule has 0 bridgehead atoms. The van der Waals surface area contributed by atoms with Gasteiger partial charge in [-0.05, 0) is 19.9 Å². The van der Waals surface area contributed by atoms with Crippen LogP contribution in [0.3, 0.4) is 0 Å². The van der Waals surface area contributed by atoms with Gasteiger partial charge in [-0.2, -0.15) is 5.10 Å². The quantitative estimate of drug-likeness (QED) is 0.654. The summed E-state index contributed by atoms with van der Waals surface area (Å²) in [6.45, 7) is 7.33. The lowest BCUT2D eigenvalue weighted by atomic mass is 10.1. The Labute approximate surface area is 78.1 Å². The number of carbonyl (C=O) groups excluding carboxylic acids is 1. The Kier molecular flexibility index (Phi) is 2.66. The van der Waals surface area contributed by atoms with Gasteiger partial charge < -0.3 is 0 Å². The summed E-state index contributed by atoms with van der Waals surface area (Å²) in [5.74, 6) is 0.0409. The number of ketones is 1. The molecule has 1 heterocycles. The summed E-state index contributed by atoms with van der Waals surface area (Å²) < 4.78 is 1.79. The van der Waals surface area contributed by atoms with Gasteiger partial charge in [0.05, 0.1) is 5.69 Å². The first-order chi connectivity index (χ1) is 6.06. The number of hydrogen-bond acceptors (Lipinski definition) is 2. The minimum atomic E-state index is 0.0409. The van der Waals surface area contributed by atoms with E-state index in [4.69, 9.17) is 0 Å². The highest BCUT2D eigenvalue weighted by Crippen LogP contribution is 2.12. The van der Waals surface area contributed by atoms with Gasteiger partial charge >= 0.3 is 0 Å². The lowest BCUT2D eigenvalue weighted by Crippen LogP contribution is -2.01. The largest absolute Gasteiger partial charge is 0.295 e. The Bertz CT molecular complexity index is 350. The first-order valence-electron chi connectivity index (χ1n) is 4.20. The van der Waals surface area contributed by atoms with Crippen molar-refractivity contribution in [2.45, 2.75) is 20.3 Å². The van der Waals surface area contributed by atoms with E-state index in [2.05, 4.69) is 11.7 Å². The van der Waals surface area contributed by atoms with Crippen molar-refractivity contribution in [3.8, 4) is 0 Å². The number of carbonyl (C=O) groups is 1. The van der Waals surface area contributed by atoms with Crippen molar-refractivity contribution in [3.63, 3.8) is 0 Å². The third kappa shape index (κ3) is 1.86. The van der Waals surface area contributed by atoms with Gasteiger partial charge in [0.1, 0.15) is 0 Å². The monoisotopic (exact) mass is 178 g/mol. The number of nitrogens with zero attached hydrogens (tertiary/aromatic N) is 2. The normalized spacial score (nSPS) is 10.1. The van der Waals surface area contributed by atoms with E-state index in [1.165, 1.54) is 6.08 Å². The second-order valence-corrected chi connectivity index (χ2v) is 3.12. The third-order valence-electron chi connectivity index (χ3n) is 2.24. The molecule has 3 nitrogen and oxygen atoms in total. The lowest BCUT2D eigenvalue weighted by molar-refractivity contribution is -0.114. The minimum Gasteiger partial charge on any atom is -0.295 e. The number of aryl methyl sites for hydroxylation is 2. The van der Waals surface area contributed by atoms with E-state index >= 15 is 0 Å². The Morgan fingerprint density at radius 2 is 2.23 bits per heavy atom. The molecule has 0 aliphatic rings. The van der Waals surface area contributed by atoms with Crippen LogP contribution in [-0.4, -0.2) is 15.6 Å². The van der Waals surface area contributed by atoms with Crippen LogP contribution in [0.5, 0.6) is 0 Å². The van der Waals surface area contributed by atoms with Crippen LogP contribution in [0.2, 0.25) is 0 Å². The van der Waals surface area contributed by atoms with Crippen molar-refractivity contribution in [3.05, 3.63) is 29.6 Å². The first-order valence-corrected chi connectivity index (χ1v) is 4.20. The summed E-state index contributed by atoms with van der Waals surface area (Å²) in [5, 5.41) is 4.23. The van der Waals surface area contributed by atoms with E-state index in [1.54, 1.807) is 4.68 Å². The smallest absolute Gasteiger partial charge is 0.159 e. The van der Waals surface area contributed by atoms with E-state index < -0.39 is 0 Å². The average molecular weight is 178 g/mol. The molecule has 0 spiro atoms. The van der Waals surface area contributed by atoms with E-state index in [0.29, 0.717) is 6.42 Å². The fraction of sp³-hybridized carbons (Fsp3) is 0.400. The molecule has 0 aromatic carbocycles. The van der Waals surface area contributed by atoms with Gasteiger partial charge in [-0.1, -0.05) is 6.58 Å². The van der Waals surface area contributed by atoms with Crippen molar-refractivity contribution in [1.29, 1.82) is 0 Å². The van der Waals surface area contributed by atoms with Crippen LogP contribution in [0.15, 0.2) is 12.7 Å². The number of allylic oxidation sites excluding steroid dienone is 1. The summed E-state index contributed by atoms with van der Waals surface area (Å²) in [6, 6.07) is 0. The zero-order valence-electron chi connectivity index (χ0n) is 8.29. The summed E-state index contributed by atoms with van der Waals surface area (Å²) in [6.07, 6.45) is 1.76. The second kappa shape index (κ2) is 3.56. The fourth-order valence-electron chi connectivity index (χ4n) is 1.32. The molecule has 0 saturated carbocycles. The molecule has 0 N–H and O–H groups in total. The van der Waals surface area contributed by atoms with Crippen molar-refractivity contribution in [1.82, 2.24) is 9.78 Å². The second-order valence-electron chi connectivity index (χ2n) is 3.12. The molecular weight excluding hydrogens is 164 g/mol. The summed E-state index contributed by atoms with van der Waals surface area (Å²) in [7, 11) is 1.88. The van der Waals surface area contributed by atoms with E-state index in [0.717, 1.165) is 17.0 Å². The molecule has 1 aromatic heterocycles. The van der Waals surface area contributed by atoms with Gasteiger partial charge in [-0.25, -0.2) is 0 Å². The van der Waals surface area contributed by atoms with Gasteiger partial charge in [0.2, 0.25) is 0 Å². The highest BCUT2D eigenvalue weighted by molar-refractivity contribution is 5.91. The van der Waals surface area contributed by atoms with Crippen LogP contribution in [-0.2, 0) is 18.3 Å².